The number of methoxy groups -OCH3 is 2. The zero-order valence-corrected chi connectivity index (χ0v) is 32.6. The van der Waals surface area contributed by atoms with Crippen LogP contribution in [0.3, 0.4) is 0 Å². The van der Waals surface area contributed by atoms with Crippen molar-refractivity contribution in [1.29, 1.82) is 0 Å². The van der Waals surface area contributed by atoms with Gasteiger partial charge in [-0.25, -0.2) is 9.48 Å². The molecule has 0 aliphatic carbocycles. The number of benzene rings is 7. The Hall–Kier alpha value is -7.12. The van der Waals surface area contributed by atoms with Crippen molar-refractivity contribution < 1.29 is 24.1 Å². The number of aromatic amines is 1. The van der Waals surface area contributed by atoms with E-state index in [0.29, 0.717) is 17.2 Å². The summed E-state index contributed by atoms with van der Waals surface area (Å²) < 4.78 is 27.6. The summed E-state index contributed by atoms with van der Waals surface area (Å²) in [6.45, 7) is -0.129. The first-order valence-electron chi connectivity index (χ1n) is 19.6. The molecule has 1 saturated heterocycles. The van der Waals surface area contributed by atoms with Gasteiger partial charge in [0, 0.05) is 17.8 Å². The maximum Gasteiger partial charge on any atom is 0.330 e. The molecule has 2 N–H and O–H groups in total. The summed E-state index contributed by atoms with van der Waals surface area (Å²) in [6.07, 6.45) is -0.233. The van der Waals surface area contributed by atoms with E-state index < -0.39 is 41.3 Å². The molecule has 0 radical (unpaired) electrons. The number of aromatic nitrogens is 5. The molecule has 0 amide bonds. The number of hydrogen-bond acceptors (Lipinski definition) is 9. The van der Waals surface area contributed by atoms with Gasteiger partial charge in [0.05, 0.1) is 27.0 Å². The number of aliphatic hydroxyl groups excluding tert-OH is 1. The maximum absolute atomic E-state index is 13.4. The summed E-state index contributed by atoms with van der Waals surface area (Å²) in [5.41, 5.74) is 1.40. The van der Waals surface area contributed by atoms with Gasteiger partial charge < -0.3 is 24.1 Å². The number of nitrogens with one attached hydrogen (secondary N) is 1. The minimum atomic E-state index is -1.26. The van der Waals surface area contributed by atoms with Gasteiger partial charge in [0.25, 0.3) is 5.56 Å². The van der Waals surface area contributed by atoms with Gasteiger partial charge in [-0.2, -0.15) is 0 Å². The molecule has 12 heteroatoms. The van der Waals surface area contributed by atoms with Crippen molar-refractivity contribution in [2.75, 3.05) is 20.8 Å². The van der Waals surface area contributed by atoms with Crippen LogP contribution in [-0.2, 0) is 15.1 Å². The van der Waals surface area contributed by atoms with Crippen LogP contribution in [0, 0.1) is 0 Å². The monoisotopic (exact) mass is 797 g/mol. The van der Waals surface area contributed by atoms with Gasteiger partial charge in [-0.1, -0.05) is 114 Å². The number of aliphatic hydroxyl groups is 1. The van der Waals surface area contributed by atoms with Crippen molar-refractivity contribution >= 4 is 32.3 Å². The Morgan fingerprint density at radius 1 is 0.717 bits per heavy atom. The molecule has 60 heavy (non-hydrogen) atoms. The fraction of sp³-hybridized carbons (Fsp3) is 0.167. The van der Waals surface area contributed by atoms with E-state index in [1.54, 1.807) is 20.4 Å². The molecule has 1 fully saturated rings. The third-order valence-electron chi connectivity index (χ3n) is 11.7. The Balaban J connectivity index is 1.06. The number of nitrogens with zero attached hydrogens (tertiary/aromatic N) is 4. The van der Waals surface area contributed by atoms with E-state index in [-0.39, 0.29) is 6.61 Å². The third kappa shape index (κ3) is 6.12. The van der Waals surface area contributed by atoms with Gasteiger partial charge in [-0.15, -0.1) is 5.10 Å². The van der Waals surface area contributed by atoms with Crippen LogP contribution in [0.2, 0.25) is 0 Å². The van der Waals surface area contributed by atoms with Crippen molar-refractivity contribution in [2.24, 2.45) is 0 Å². The standard InChI is InChI=1S/C48H39N5O7/c1-57-35-19-15-33(16-20-35)48(32-9-4-3-5-10-32,34-17-21-36(58-2)22-18-34)59-28-40-45(55)44(46(60-40)52-26-25-41(54)49-47(52)56)53-27-39(50-51-53)37-23-13-31-12-11-29-7-6-8-30-14-24-38(37)43(31)42(29)30/h3-27,40,44-46,55H,28H2,1-2H3,(H,49,54,56)/t40-,44-,45-,46-/m1/s1. The number of rotatable bonds is 11. The predicted octanol–water partition coefficient (Wildman–Crippen LogP) is 7.22. The molecule has 10 rings (SSSR count). The highest BCUT2D eigenvalue weighted by Crippen LogP contribution is 2.45. The first kappa shape index (κ1) is 37.2. The smallest absolute Gasteiger partial charge is 0.330 e. The van der Waals surface area contributed by atoms with Crippen LogP contribution in [-0.4, -0.2) is 62.7 Å². The lowest BCUT2D eigenvalue weighted by molar-refractivity contribution is -0.0948. The Morgan fingerprint density at radius 3 is 1.98 bits per heavy atom. The summed E-state index contributed by atoms with van der Waals surface area (Å²) in [6, 6.07) is 44.2. The van der Waals surface area contributed by atoms with Gasteiger partial charge in [-0.05, 0) is 73.3 Å². The molecule has 12 nitrogen and oxygen atoms in total. The normalized spacial score (nSPS) is 18.1. The van der Waals surface area contributed by atoms with E-state index in [1.165, 1.54) is 26.9 Å². The molecule has 0 unspecified atom stereocenters. The number of ether oxygens (including phenoxy) is 4. The quantitative estimate of drug-likeness (QED) is 0.103. The molecule has 7 aromatic carbocycles. The highest BCUT2D eigenvalue weighted by molar-refractivity contribution is 6.25. The fourth-order valence-corrected chi connectivity index (χ4v) is 8.80. The molecular formula is C48H39N5O7. The summed E-state index contributed by atoms with van der Waals surface area (Å²) in [4.78, 5) is 27.9. The Bertz CT molecular complexity index is 3030. The SMILES string of the molecule is COc1ccc(C(OC[C@H]2O[C@@H](n3ccc(=O)[nH]c3=O)[C@H](n3cc(-c4ccc5ccc6cccc7ccc4c5c67)nn3)[C@@H]2O)(c2ccccc2)c2ccc(OC)cc2)cc1. The van der Waals surface area contributed by atoms with Gasteiger partial charge in [-0.3, -0.25) is 14.3 Å². The van der Waals surface area contributed by atoms with Crippen molar-refractivity contribution in [3.05, 3.63) is 189 Å². The van der Waals surface area contributed by atoms with Gasteiger partial charge >= 0.3 is 5.69 Å². The number of hydrogen-bond donors (Lipinski definition) is 2. The van der Waals surface area contributed by atoms with Crippen molar-refractivity contribution in [2.45, 2.75) is 30.1 Å². The molecule has 0 bridgehead atoms. The molecule has 2 aromatic heterocycles. The molecule has 298 valence electrons. The molecule has 1 aliphatic rings. The van der Waals surface area contributed by atoms with Gasteiger partial charge in [0.15, 0.2) is 6.23 Å². The fourth-order valence-electron chi connectivity index (χ4n) is 8.80. The van der Waals surface area contributed by atoms with Crippen LogP contribution in [0.25, 0.3) is 43.6 Å². The highest BCUT2D eigenvalue weighted by Gasteiger charge is 2.49. The highest BCUT2D eigenvalue weighted by atomic mass is 16.6. The lowest BCUT2D eigenvalue weighted by Gasteiger charge is -2.37. The lowest BCUT2D eigenvalue weighted by atomic mass is 9.80. The first-order valence-corrected chi connectivity index (χ1v) is 19.6. The van der Waals surface area contributed by atoms with Crippen LogP contribution in [0.5, 0.6) is 11.5 Å². The summed E-state index contributed by atoms with van der Waals surface area (Å²) in [5, 5.41) is 28.3. The minimum absolute atomic E-state index is 0.129. The number of H-pyrrole nitrogens is 1. The summed E-state index contributed by atoms with van der Waals surface area (Å²) in [5.74, 6) is 1.35. The second kappa shape index (κ2) is 14.9. The van der Waals surface area contributed by atoms with Crippen LogP contribution in [0.1, 0.15) is 29.0 Å². The molecule has 4 atom stereocenters. The van der Waals surface area contributed by atoms with E-state index in [9.17, 15) is 14.7 Å². The zero-order valence-electron chi connectivity index (χ0n) is 32.6. The van der Waals surface area contributed by atoms with E-state index in [1.807, 2.05) is 84.9 Å². The van der Waals surface area contributed by atoms with Crippen molar-refractivity contribution in [3.8, 4) is 22.8 Å². The van der Waals surface area contributed by atoms with Crippen LogP contribution < -0.4 is 20.7 Å². The molecule has 1 aliphatic heterocycles. The van der Waals surface area contributed by atoms with Crippen LogP contribution in [0.15, 0.2) is 162 Å². The average molecular weight is 798 g/mol. The molecule has 9 aromatic rings. The van der Waals surface area contributed by atoms with Gasteiger partial charge in [0.1, 0.15) is 41.0 Å². The lowest BCUT2D eigenvalue weighted by Crippen LogP contribution is -2.39. The zero-order chi connectivity index (χ0) is 41.0. The van der Waals surface area contributed by atoms with E-state index in [4.69, 9.17) is 18.9 Å². The molecule has 0 spiro atoms. The van der Waals surface area contributed by atoms with E-state index in [0.717, 1.165) is 49.2 Å². The third-order valence-corrected chi connectivity index (χ3v) is 11.7. The Morgan fingerprint density at radius 2 is 1.33 bits per heavy atom. The average Bonchev–Trinajstić information content (AvgIpc) is 3.90. The topological polar surface area (TPSA) is 143 Å². The van der Waals surface area contributed by atoms with Crippen molar-refractivity contribution in [1.82, 2.24) is 24.5 Å². The molecule has 3 heterocycles. The second-order valence-corrected chi connectivity index (χ2v) is 14.9. The van der Waals surface area contributed by atoms with Crippen LogP contribution in [0.4, 0.5) is 0 Å². The largest absolute Gasteiger partial charge is 0.497 e. The van der Waals surface area contributed by atoms with Gasteiger partial charge in [0.2, 0.25) is 0 Å². The minimum Gasteiger partial charge on any atom is -0.497 e. The van der Waals surface area contributed by atoms with Crippen LogP contribution >= 0.6 is 0 Å². The Labute approximate surface area is 343 Å². The molecule has 0 saturated carbocycles. The second-order valence-electron chi connectivity index (χ2n) is 14.9. The Kier molecular flexibility index (Phi) is 9.24. The first-order chi connectivity index (χ1) is 29.4. The maximum atomic E-state index is 13.4. The predicted molar refractivity (Wildman–Crippen MR) is 228 cm³/mol. The summed E-state index contributed by atoms with van der Waals surface area (Å²) >= 11 is 0. The summed E-state index contributed by atoms with van der Waals surface area (Å²) in [7, 11) is 3.23. The van der Waals surface area contributed by atoms with E-state index >= 15 is 0 Å². The van der Waals surface area contributed by atoms with E-state index in [2.05, 4.69) is 63.8 Å². The van der Waals surface area contributed by atoms with Crippen molar-refractivity contribution in [3.63, 3.8) is 0 Å². The molecular weight excluding hydrogens is 759 g/mol.